The third-order valence-corrected chi connectivity index (χ3v) is 6.17. The second-order valence-electron chi connectivity index (χ2n) is 7.32. The van der Waals surface area contributed by atoms with Gasteiger partial charge in [0.15, 0.2) is 0 Å². The molecule has 0 aliphatic heterocycles. The van der Waals surface area contributed by atoms with Crippen molar-refractivity contribution in [1.29, 1.82) is 0 Å². The Kier molecular flexibility index (Phi) is 2.85. The lowest BCUT2D eigenvalue weighted by molar-refractivity contribution is -0.171. The van der Waals surface area contributed by atoms with Crippen LogP contribution in [0.4, 0.5) is 0 Å². The van der Waals surface area contributed by atoms with Gasteiger partial charge in [0.1, 0.15) is 5.75 Å². The number of benzene rings is 1. The van der Waals surface area contributed by atoms with E-state index >= 15 is 0 Å². The molecular formula is C18H24O2. The van der Waals surface area contributed by atoms with Crippen LogP contribution < -0.4 is 4.74 Å². The minimum absolute atomic E-state index is 0.459. The number of hydrogen-bond acceptors (Lipinski definition) is 2. The molecule has 4 aliphatic carbocycles. The van der Waals surface area contributed by atoms with E-state index in [-0.39, 0.29) is 0 Å². The molecule has 1 aromatic rings. The normalized spacial score (nSPS) is 41.9. The van der Waals surface area contributed by atoms with Gasteiger partial charge in [0.05, 0.1) is 12.7 Å². The number of rotatable bonds is 3. The lowest BCUT2D eigenvalue weighted by Crippen LogP contribution is -2.58. The van der Waals surface area contributed by atoms with Crippen molar-refractivity contribution in [3.05, 3.63) is 29.8 Å². The van der Waals surface area contributed by atoms with E-state index in [2.05, 4.69) is 12.1 Å². The summed E-state index contributed by atoms with van der Waals surface area (Å²) < 4.78 is 5.31. The van der Waals surface area contributed by atoms with Gasteiger partial charge in [0.2, 0.25) is 0 Å². The molecule has 5 rings (SSSR count). The SMILES string of the molecule is COc1cccc(CC2(O)C3CC4CC(C3)CC2C4)c1. The average molecular weight is 272 g/mol. The number of ether oxygens (including phenoxy) is 1. The molecule has 1 N–H and O–H groups in total. The van der Waals surface area contributed by atoms with Crippen LogP contribution in [0.15, 0.2) is 24.3 Å². The molecule has 20 heavy (non-hydrogen) atoms. The van der Waals surface area contributed by atoms with E-state index in [1.165, 1.54) is 37.7 Å². The van der Waals surface area contributed by atoms with Gasteiger partial charge in [-0.3, -0.25) is 0 Å². The number of hydrogen-bond donors (Lipinski definition) is 1. The molecule has 0 unspecified atom stereocenters. The zero-order valence-electron chi connectivity index (χ0n) is 12.2. The van der Waals surface area contributed by atoms with Gasteiger partial charge in [-0.25, -0.2) is 0 Å². The van der Waals surface area contributed by atoms with E-state index in [0.29, 0.717) is 11.8 Å². The molecule has 0 aromatic heterocycles. The molecular weight excluding hydrogens is 248 g/mol. The van der Waals surface area contributed by atoms with Crippen LogP contribution >= 0.6 is 0 Å². The van der Waals surface area contributed by atoms with Crippen molar-refractivity contribution in [2.24, 2.45) is 23.7 Å². The summed E-state index contributed by atoms with van der Waals surface area (Å²) in [6.07, 6.45) is 7.27. The maximum atomic E-state index is 11.4. The van der Waals surface area contributed by atoms with Gasteiger partial charge >= 0.3 is 0 Å². The standard InChI is InChI=1S/C18H24O2/c1-20-17-4-2-3-12(10-17)11-18(19)15-6-13-5-14(8-15)9-16(18)7-13/h2-4,10,13-16,19H,5-9,11H2,1H3. The Bertz CT molecular complexity index is 480. The van der Waals surface area contributed by atoms with E-state index in [0.717, 1.165) is 24.0 Å². The molecule has 0 radical (unpaired) electrons. The van der Waals surface area contributed by atoms with Crippen molar-refractivity contribution >= 4 is 0 Å². The first-order chi connectivity index (χ1) is 9.67. The van der Waals surface area contributed by atoms with Crippen molar-refractivity contribution in [3.8, 4) is 5.75 Å². The van der Waals surface area contributed by atoms with E-state index < -0.39 is 5.60 Å². The van der Waals surface area contributed by atoms with Crippen LogP contribution in [0, 0.1) is 23.7 Å². The van der Waals surface area contributed by atoms with Gasteiger partial charge in [-0.2, -0.15) is 0 Å². The van der Waals surface area contributed by atoms with Gasteiger partial charge in [0, 0.05) is 6.42 Å². The molecule has 1 aromatic carbocycles. The van der Waals surface area contributed by atoms with Crippen LogP contribution in [0.25, 0.3) is 0 Å². The van der Waals surface area contributed by atoms with Crippen molar-refractivity contribution in [2.75, 3.05) is 7.11 Å². The van der Waals surface area contributed by atoms with Crippen molar-refractivity contribution in [3.63, 3.8) is 0 Å². The zero-order chi connectivity index (χ0) is 13.7. The Morgan fingerprint density at radius 3 is 2.35 bits per heavy atom. The third-order valence-electron chi connectivity index (χ3n) is 6.17. The predicted molar refractivity (Wildman–Crippen MR) is 78.7 cm³/mol. The van der Waals surface area contributed by atoms with Gasteiger partial charge in [-0.1, -0.05) is 12.1 Å². The van der Waals surface area contributed by atoms with Crippen LogP contribution in [0.1, 0.15) is 37.7 Å². The van der Waals surface area contributed by atoms with Crippen LogP contribution in [-0.2, 0) is 6.42 Å². The van der Waals surface area contributed by atoms with Crippen LogP contribution in [0.2, 0.25) is 0 Å². The predicted octanol–water partition coefficient (Wildman–Crippen LogP) is 3.42. The number of methoxy groups -OCH3 is 1. The Hall–Kier alpha value is -1.02. The summed E-state index contributed by atoms with van der Waals surface area (Å²) in [5, 5.41) is 11.4. The first-order valence-electron chi connectivity index (χ1n) is 8.02. The van der Waals surface area contributed by atoms with Gasteiger partial charge in [-0.05, 0) is 73.5 Å². The first-order valence-corrected chi connectivity index (χ1v) is 8.02. The molecule has 0 heterocycles. The van der Waals surface area contributed by atoms with E-state index in [1.807, 2.05) is 12.1 Å². The fourth-order valence-corrected chi connectivity index (χ4v) is 5.40. The largest absolute Gasteiger partial charge is 0.497 e. The molecule has 0 amide bonds. The molecule has 0 spiro atoms. The van der Waals surface area contributed by atoms with Crippen molar-refractivity contribution < 1.29 is 9.84 Å². The van der Waals surface area contributed by atoms with E-state index in [4.69, 9.17) is 4.74 Å². The lowest BCUT2D eigenvalue weighted by atomic mass is 9.49. The van der Waals surface area contributed by atoms with Crippen LogP contribution in [0.5, 0.6) is 5.75 Å². The Labute approximate surface area is 121 Å². The summed E-state index contributed by atoms with van der Waals surface area (Å²) in [5.41, 5.74) is 0.763. The summed E-state index contributed by atoms with van der Waals surface area (Å²) in [6.45, 7) is 0. The zero-order valence-corrected chi connectivity index (χ0v) is 12.2. The van der Waals surface area contributed by atoms with Gasteiger partial charge in [0.25, 0.3) is 0 Å². The molecule has 108 valence electrons. The highest BCUT2D eigenvalue weighted by molar-refractivity contribution is 5.30. The molecule has 0 saturated heterocycles. The third kappa shape index (κ3) is 1.88. The quantitative estimate of drug-likeness (QED) is 0.913. The second-order valence-corrected chi connectivity index (χ2v) is 7.32. The Morgan fingerprint density at radius 2 is 1.75 bits per heavy atom. The second kappa shape index (κ2) is 4.49. The van der Waals surface area contributed by atoms with Crippen molar-refractivity contribution in [1.82, 2.24) is 0 Å². The molecule has 4 aliphatic rings. The molecule has 4 saturated carbocycles. The fraction of sp³-hybridized carbons (Fsp3) is 0.667. The fourth-order valence-electron chi connectivity index (χ4n) is 5.40. The smallest absolute Gasteiger partial charge is 0.119 e. The monoisotopic (exact) mass is 272 g/mol. The van der Waals surface area contributed by atoms with Crippen molar-refractivity contribution in [2.45, 2.75) is 44.1 Å². The summed E-state index contributed by atoms with van der Waals surface area (Å²) >= 11 is 0. The highest BCUT2D eigenvalue weighted by Gasteiger charge is 2.56. The van der Waals surface area contributed by atoms with Crippen LogP contribution in [-0.4, -0.2) is 17.8 Å². The maximum Gasteiger partial charge on any atom is 0.119 e. The molecule has 0 atom stereocenters. The maximum absolute atomic E-state index is 11.4. The topological polar surface area (TPSA) is 29.5 Å². The summed E-state index contributed by atoms with van der Waals surface area (Å²) in [4.78, 5) is 0. The summed E-state index contributed by atoms with van der Waals surface area (Å²) in [6, 6.07) is 8.23. The average Bonchev–Trinajstić information content (AvgIpc) is 2.44. The van der Waals surface area contributed by atoms with E-state index in [1.54, 1.807) is 7.11 Å². The van der Waals surface area contributed by atoms with Gasteiger partial charge in [-0.15, -0.1) is 0 Å². The molecule has 2 heteroatoms. The highest BCUT2D eigenvalue weighted by atomic mass is 16.5. The molecule has 4 bridgehead atoms. The molecule has 4 fully saturated rings. The van der Waals surface area contributed by atoms with Gasteiger partial charge < -0.3 is 9.84 Å². The van der Waals surface area contributed by atoms with E-state index in [9.17, 15) is 5.11 Å². The summed E-state index contributed by atoms with van der Waals surface area (Å²) in [5.74, 6) is 3.77. The minimum Gasteiger partial charge on any atom is -0.497 e. The summed E-state index contributed by atoms with van der Waals surface area (Å²) in [7, 11) is 1.71. The Morgan fingerprint density at radius 1 is 1.10 bits per heavy atom. The highest BCUT2D eigenvalue weighted by Crippen LogP contribution is 2.59. The number of aliphatic hydroxyl groups is 1. The first kappa shape index (κ1) is 12.7. The lowest BCUT2D eigenvalue weighted by Gasteiger charge is -2.59. The Balaban J connectivity index is 1.60. The van der Waals surface area contributed by atoms with Crippen LogP contribution in [0.3, 0.4) is 0 Å². The molecule has 2 nitrogen and oxygen atoms in total. The minimum atomic E-state index is -0.459.